The molecule has 10 heteroatoms. The molecule has 1 aliphatic heterocycles. The van der Waals surface area contributed by atoms with Crippen molar-refractivity contribution in [3.05, 3.63) is 29.8 Å². The molecule has 1 saturated heterocycles. The summed E-state index contributed by atoms with van der Waals surface area (Å²) in [5, 5.41) is 0. The number of benzene rings is 1. The Morgan fingerprint density at radius 1 is 1.16 bits per heavy atom. The average Bonchev–Trinajstić information content (AvgIpc) is 3.52. The molecule has 1 unspecified atom stereocenters. The van der Waals surface area contributed by atoms with Gasteiger partial charge in [0.05, 0.1) is 10.5 Å². The zero-order chi connectivity index (χ0) is 23.0. The molecule has 1 aromatic rings. The third-order valence-corrected chi connectivity index (χ3v) is 8.09. The van der Waals surface area contributed by atoms with Crippen LogP contribution in [0.2, 0.25) is 0 Å². The van der Waals surface area contributed by atoms with Crippen LogP contribution in [0.3, 0.4) is 0 Å². The fourth-order valence-corrected chi connectivity index (χ4v) is 5.89. The minimum absolute atomic E-state index is 0.0432. The number of likely N-dealkylation sites (tertiary alicyclic amines) is 1. The van der Waals surface area contributed by atoms with Gasteiger partial charge < -0.3 is 10.6 Å². The van der Waals surface area contributed by atoms with Gasteiger partial charge in [0.1, 0.15) is 0 Å². The second-order valence-electron chi connectivity index (χ2n) is 8.82. The highest BCUT2D eigenvalue weighted by atomic mass is 32.2. The van der Waals surface area contributed by atoms with E-state index in [1.807, 2.05) is 13.8 Å². The summed E-state index contributed by atoms with van der Waals surface area (Å²) >= 11 is 0. The largest absolute Gasteiger partial charge is 0.416 e. The summed E-state index contributed by atoms with van der Waals surface area (Å²) in [7, 11) is -4.08. The standard InChI is InChI=1S/C21H30F3N3O3S/c1-14(2)19(25)13-20(28)26-10-8-17(9-11-26)27(16-6-7-16)31(29,30)18-5-3-4-15(12-18)21(22,23)24/h3-5,12,14,16-17,19H,6-11,13,25H2,1-2H3. The second kappa shape index (κ2) is 9.07. The zero-order valence-electron chi connectivity index (χ0n) is 17.8. The van der Waals surface area contributed by atoms with E-state index in [1.54, 1.807) is 4.90 Å². The van der Waals surface area contributed by atoms with Gasteiger partial charge in [0.2, 0.25) is 15.9 Å². The summed E-state index contributed by atoms with van der Waals surface area (Å²) in [6, 6.07) is 3.15. The summed E-state index contributed by atoms with van der Waals surface area (Å²) in [6.07, 6.45) is -2.06. The van der Waals surface area contributed by atoms with E-state index in [9.17, 15) is 26.4 Å². The number of hydrogen-bond donors (Lipinski definition) is 1. The number of amides is 1. The SMILES string of the molecule is CC(C)C(N)CC(=O)N1CCC(N(C2CC2)S(=O)(=O)c2cccc(C(F)(F)F)c2)CC1. The molecular formula is C21H30F3N3O3S. The molecule has 2 N–H and O–H groups in total. The maximum atomic E-state index is 13.3. The van der Waals surface area contributed by atoms with E-state index in [2.05, 4.69) is 0 Å². The molecule has 1 heterocycles. The number of nitrogens with two attached hydrogens (primary N) is 1. The smallest absolute Gasteiger partial charge is 0.343 e. The number of hydrogen-bond acceptors (Lipinski definition) is 4. The van der Waals surface area contributed by atoms with Crippen molar-refractivity contribution in [1.29, 1.82) is 0 Å². The maximum absolute atomic E-state index is 13.3. The molecule has 0 aromatic heterocycles. The lowest BCUT2D eigenvalue weighted by Crippen LogP contribution is -2.50. The fraction of sp³-hybridized carbons (Fsp3) is 0.667. The molecule has 1 saturated carbocycles. The van der Waals surface area contributed by atoms with E-state index in [0.717, 1.165) is 12.1 Å². The van der Waals surface area contributed by atoms with E-state index in [4.69, 9.17) is 5.73 Å². The van der Waals surface area contributed by atoms with Crippen LogP contribution in [0.4, 0.5) is 13.2 Å². The van der Waals surface area contributed by atoms with Gasteiger partial charge in [-0.3, -0.25) is 4.79 Å². The molecule has 2 aliphatic rings. The van der Waals surface area contributed by atoms with Crippen LogP contribution in [0.5, 0.6) is 0 Å². The molecule has 1 amide bonds. The Balaban J connectivity index is 1.73. The zero-order valence-corrected chi connectivity index (χ0v) is 18.6. The first-order valence-electron chi connectivity index (χ1n) is 10.7. The van der Waals surface area contributed by atoms with Crippen molar-refractivity contribution in [2.75, 3.05) is 13.1 Å². The monoisotopic (exact) mass is 461 g/mol. The summed E-state index contributed by atoms with van der Waals surface area (Å²) in [5.41, 5.74) is 5.02. The predicted molar refractivity (Wildman–Crippen MR) is 111 cm³/mol. The van der Waals surface area contributed by atoms with Gasteiger partial charge in [-0.1, -0.05) is 19.9 Å². The van der Waals surface area contributed by atoms with E-state index in [-0.39, 0.29) is 41.3 Å². The lowest BCUT2D eigenvalue weighted by atomic mass is 9.99. The highest BCUT2D eigenvalue weighted by molar-refractivity contribution is 7.89. The number of rotatable bonds is 7. The molecule has 6 nitrogen and oxygen atoms in total. The molecule has 0 radical (unpaired) electrons. The molecule has 1 aromatic carbocycles. The van der Waals surface area contributed by atoms with Gasteiger partial charge in [0, 0.05) is 37.6 Å². The second-order valence-corrected chi connectivity index (χ2v) is 10.7. The molecule has 2 fully saturated rings. The van der Waals surface area contributed by atoms with Gasteiger partial charge in [-0.2, -0.15) is 17.5 Å². The molecular weight excluding hydrogens is 431 g/mol. The summed E-state index contributed by atoms with van der Waals surface area (Å²) in [6.45, 7) is 4.73. The van der Waals surface area contributed by atoms with Crippen molar-refractivity contribution in [2.45, 2.75) is 75.1 Å². The number of sulfonamides is 1. The molecule has 1 aliphatic carbocycles. The van der Waals surface area contributed by atoms with Crippen LogP contribution in [-0.2, 0) is 21.0 Å². The summed E-state index contributed by atoms with van der Waals surface area (Å²) < 4.78 is 67.2. The van der Waals surface area contributed by atoms with Crippen LogP contribution in [0.25, 0.3) is 0 Å². The Labute approximate surface area is 181 Å². The normalized spacial score (nSPS) is 19.8. The van der Waals surface area contributed by atoms with Crippen LogP contribution in [0, 0.1) is 5.92 Å². The van der Waals surface area contributed by atoms with Gasteiger partial charge >= 0.3 is 6.18 Å². The lowest BCUT2D eigenvalue weighted by Gasteiger charge is -2.38. The minimum Gasteiger partial charge on any atom is -0.343 e. The molecule has 174 valence electrons. The number of carbonyl (C=O) groups excluding carboxylic acids is 1. The highest BCUT2D eigenvalue weighted by Gasteiger charge is 2.44. The van der Waals surface area contributed by atoms with Crippen LogP contribution in [0.15, 0.2) is 29.2 Å². The third kappa shape index (κ3) is 5.59. The van der Waals surface area contributed by atoms with Crippen molar-refractivity contribution < 1.29 is 26.4 Å². The fourth-order valence-electron chi connectivity index (χ4n) is 3.91. The number of halogens is 3. The average molecular weight is 462 g/mol. The van der Waals surface area contributed by atoms with Gasteiger partial charge in [0.15, 0.2) is 0 Å². The topological polar surface area (TPSA) is 83.7 Å². The number of alkyl halides is 3. The first-order chi connectivity index (χ1) is 14.4. The Kier molecular flexibility index (Phi) is 7.02. The van der Waals surface area contributed by atoms with Gasteiger partial charge in [-0.05, 0) is 49.8 Å². The third-order valence-electron chi connectivity index (χ3n) is 6.09. The number of piperidine rings is 1. The van der Waals surface area contributed by atoms with Gasteiger partial charge in [-0.15, -0.1) is 0 Å². The Bertz CT molecular complexity index is 893. The van der Waals surface area contributed by atoms with Gasteiger partial charge in [0.25, 0.3) is 0 Å². The summed E-state index contributed by atoms with van der Waals surface area (Å²) in [4.78, 5) is 13.9. The molecule has 3 rings (SSSR count). The van der Waals surface area contributed by atoms with Crippen LogP contribution in [0.1, 0.15) is 51.5 Å². The molecule has 0 spiro atoms. The van der Waals surface area contributed by atoms with Crippen molar-refractivity contribution in [1.82, 2.24) is 9.21 Å². The van der Waals surface area contributed by atoms with Crippen LogP contribution >= 0.6 is 0 Å². The number of nitrogens with zero attached hydrogens (tertiary/aromatic N) is 2. The predicted octanol–water partition coefficient (Wildman–Crippen LogP) is 3.22. The van der Waals surface area contributed by atoms with Crippen molar-refractivity contribution in [3.63, 3.8) is 0 Å². The van der Waals surface area contributed by atoms with E-state index >= 15 is 0 Å². The molecule has 0 bridgehead atoms. The van der Waals surface area contributed by atoms with E-state index < -0.39 is 21.8 Å². The van der Waals surface area contributed by atoms with Crippen molar-refractivity contribution in [2.24, 2.45) is 11.7 Å². The maximum Gasteiger partial charge on any atom is 0.416 e. The minimum atomic E-state index is -4.61. The lowest BCUT2D eigenvalue weighted by molar-refractivity contribution is -0.137. The highest BCUT2D eigenvalue weighted by Crippen LogP contribution is 2.38. The molecule has 31 heavy (non-hydrogen) atoms. The van der Waals surface area contributed by atoms with Crippen LogP contribution in [-0.4, -0.2) is 54.7 Å². The Morgan fingerprint density at radius 3 is 2.26 bits per heavy atom. The number of carbonyl (C=O) groups is 1. The quantitative estimate of drug-likeness (QED) is 0.676. The summed E-state index contributed by atoms with van der Waals surface area (Å²) in [5.74, 6) is 0.141. The first kappa shape index (κ1) is 24.0. The Hall–Kier alpha value is -1.65. The van der Waals surface area contributed by atoms with E-state index in [1.165, 1.54) is 10.4 Å². The van der Waals surface area contributed by atoms with Crippen molar-refractivity contribution in [3.8, 4) is 0 Å². The molecule has 1 atom stereocenters. The van der Waals surface area contributed by atoms with E-state index in [0.29, 0.717) is 44.8 Å². The van der Waals surface area contributed by atoms with Gasteiger partial charge in [-0.25, -0.2) is 8.42 Å². The first-order valence-corrected chi connectivity index (χ1v) is 12.1. The Morgan fingerprint density at radius 2 is 1.74 bits per heavy atom. The van der Waals surface area contributed by atoms with Crippen LogP contribution < -0.4 is 5.73 Å². The van der Waals surface area contributed by atoms with Crippen molar-refractivity contribution >= 4 is 15.9 Å².